The number of aliphatic carboxylic acids is 1. The molecule has 2 aromatic rings. The van der Waals surface area contributed by atoms with Crippen molar-refractivity contribution in [3.8, 4) is 11.5 Å². The summed E-state index contributed by atoms with van der Waals surface area (Å²) in [6.07, 6.45) is -0.588. The van der Waals surface area contributed by atoms with Crippen molar-refractivity contribution < 1.29 is 38.4 Å². The normalized spacial score (nSPS) is 15.2. The van der Waals surface area contributed by atoms with E-state index in [4.69, 9.17) is 18.9 Å². The molecule has 37 heavy (non-hydrogen) atoms. The van der Waals surface area contributed by atoms with Crippen LogP contribution >= 0.6 is 0 Å². The molecule has 2 unspecified atom stereocenters. The number of aldehydes is 2. The fraction of sp³-hybridized carbons (Fsp3) is 0.483. The molecule has 1 N–H and O–H groups in total. The zero-order chi connectivity index (χ0) is 27.9. The second-order valence-corrected chi connectivity index (χ2v) is 11.0. The third kappa shape index (κ3) is 9.63. The van der Waals surface area contributed by atoms with Gasteiger partial charge in [-0.1, -0.05) is 31.2 Å². The summed E-state index contributed by atoms with van der Waals surface area (Å²) in [7, 11) is 0. The highest BCUT2D eigenvalue weighted by atomic mass is 16.7. The third-order valence-corrected chi connectivity index (χ3v) is 5.49. The molecule has 0 bridgehead atoms. The van der Waals surface area contributed by atoms with Gasteiger partial charge in [0.1, 0.15) is 11.5 Å². The second kappa shape index (κ2) is 12.3. The van der Waals surface area contributed by atoms with Gasteiger partial charge in [0.05, 0.1) is 11.2 Å². The van der Waals surface area contributed by atoms with Gasteiger partial charge < -0.3 is 24.1 Å². The highest BCUT2D eigenvalue weighted by molar-refractivity contribution is 5.67. The molecule has 0 amide bonds. The highest BCUT2D eigenvalue weighted by Gasteiger charge is 2.30. The predicted octanol–water partition coefficient (Wildman–Crippen LogP) is 5.30. The molecular formula is C29H38O8. The molecule has 202 valence electrons. The molecule has 0 fully saturated rings. The number of carbonyl (C=O) groups is 3. The van der Waals surface area contributed by atoms with Crippen LogP contribution < -0.4 is 9.47 Å². The molecule has 0 spiro atoms. The van der Waals surface area contributed by atoms with E-state index in [1.54, 1.807) is 24.3 Å². The fourth-order valence-corrected chi connectivity index (χ4v) is 3.74. The van der Waals surface area contributed by atoms with Gasteiger partial charge in [0, 0.05) is 11.8 Å². The number of rotatable bonds is 13. The van der Waals surface area contributed by atoms with Crippen molar-refractivity contribution >= 4 is 18.5 Å². The van der Waals surface area contributed by atoms with Gasteiger partial charge in [-0.25, -0.2) is 0 Å². The van der Waals surface area contributed by atoms with E-state index in [0.717, 1.165) is 11.1 Å². The summed E-state index contributed by atoms with van der Waals surface area (Å²) in [5.74, 6) is 0.00816. The first kappa shape index (κ1) is 30.0. The zero-order valence-corrected chi connectivity index (χ0v) is 22.6. The standard InChI is InChI=1S/C29H38O8/c1-27(2,3)36-25(18-30)34-22-12-8-20(9-13-22)29(7,17-16-24(32)33)21-10-14-23(15-11-21)35-26(19-31)37-28(4,5)6/h8-15,18-19,25-26H,16-17H2,1-7H3,(H,32,33). The SMILES string of the molecule is CC(C)(C)OC(C=O)Oc1ccc(C(C)(CCC(=O)O)c2ccc(OC(C=O)OC(C)(C)C)cc2)cc1. The molecule has 0 heterocycles. The molecule has 0 aliphatic heterocycles. The Kier molecular flexibility index (Phi) is 10.0. The number of ether oxygens (including phenoxy) is 4. The lowest BCUT2D eigenvalue weighted by Gasteiger charge is -2.31. The van der Waals surface area contributed by atoms with Crippen LogP contribution in [0.25, 0.3) is 0 Å². The lowest BCUT2D eigenvalue weighted by molar-refractivity contribution is -0.161. The average Bonchev–Trinajstić information content (AvgIpc) is 2.80. The lowest BCUT2D eigenvalue weighted by Crippen LogP contribution is -2.32. The molecule has 8 heteroatoms. The van der Waals surface area contributed by atoms with Crippen LogP contribution in [0, 0.1) is 0 Å². The van der Waals surface area contributed by atoms with Crippen LogP contribution in [-0.4, -0.2) is 47.4 Å². The molecule has 0 saturated heterocycles. The van der Waals surface area contributed by atoms with E-state index in [1.165, 1.54) is 0 Å². The van der Waals surface area contributed by atoms with Gasteiger partial charge in [0.25, 0.3) is 12.6 Å². The van der Waals surface area contributed by atoms with Crippen molar-refractivity contribution in [1.82, 2.24) is 0 Å². The summed E-state index contributed by atoms with van der Waals surface area (Å²) in [6, 6.07) is 14.3. The molecule has 0 aromatic heterocycles. The van der Waals surface area contributed by atoms with Gasteiger partial charge in [0.15, 0.2) is 12.6 Å². The van der Waals surface area contributed by atoms with Crippen LogP contribution in [0.5, 0.6) is 11.5 Å². The van der Waals surface area contributed by atoms with E-state index in [0.29, 0.717) is 30.5 Å². The van der Waals surface area contributed by atoms with Gasteiger partial charge in [-0.2, -0.15) is 0 Å². The van der Waals surface area contributed by atoms with Crippen LogP contribution in [0.15, 0.2) is 48.5 Å². The maximum absolute atomic E-state index is 11.4. The first-order valence-electron chi connectivity index (χ1n) is 12.2. The minimum Gasteiger partial charge on any atom is -0.481 e. The van der Waals surface area contributed by atoms with Crippen LogP contribution in [0.2, 0.25) is 0 Å². The van der Waals surface area contributed by atoms with Gasteiger partial charge in [0.2, 0.25) is 0 Å². The molecule has 8 nitrogen and oxygen atoms in total. The van der Waals surface area contributed by atoms with Crippen molar-refractivity contribution in [1.29, 1.82) is 0 Å². The van der Waals surface area contributed by atoms with Gasteiger partial charge in [-0.3, -0.25) is 14.4 Å². The van der Waals surface area contributed by atoms with Crippen molar-refractivity contribution in [2.45, 2.75) is 90.5 Å². The predicted molar refractivity (Wildman–Crippen MR) is 139 cm³/mol. The Hall–Kier alpha value is -3.23. The summed E-state index contributed by atoms with van der Waals surface area (Å²) in [4.78, 5) is 34.2. The van der Waals surface area contributed by atoms with Crippen molar-refractivity contribution in [2.75, 3.05) is 0 Å². The van der Waals surface area contributed by atoms with Gasteiger partial charge in [-0.05, 0) is 83.4 Å². The number of hydrogen-bond acceptors (Lipinski definition) is 7. The Labute approximate surface area is 218 Å². The van der Waals surface area contributed by atoms with Crippen LogP contribution in [-0.2, 0) is 29.3 Å². The quantitative estimate of drug-likeness (QED) is 0.284. The van der Waals surface area contributed by atoms with E-state index < -0.39 is 35.2 Å². The first-order valence-corrected chi connectivity index (χ1v) is 12.2. The lowest BCUT2D eigenvalue weighted by atomic mass is 9.73. The van der Waals surface area contributed by atoms with E-state index in [2.05, 4.69) is 0 Å². The smallest absolute Gasteiger partial charge is 0.303 e. The van der Waals surface area contributed by atoms with Gasteiger partial charge >= 0.3 is 5.97 Å². The maximum Gasteiger partial charge on any atom is 0.303 e. The number of carboxylic acid groups (broad SMARTS) is 1. The summed E-state index contributed by atoms with van der Waals surface area (Å²) < 4.78 is 22.5. The van der Waals surface area contributed by atoms with Crippen molar-refractivity contribution in [3.05, 3.63) is 59.7 Å². The molecule has 0 saturated carbocycles. The minimum absolute atomic E-state index is 0.0354. The molecule has 2 aromatic carbocycles. The average molecular weight is 515 g/mol. The molecule has 0 aliphatic rings. The summed E-state index contributed by atoms with van der Waals surface area (Å²) in [5.41, 5.74) is -0.0112. The number of hydrogen-bond donors (Lipinski definition) is 1. The number of benzene rings is 2. The second-order valence-electron chi connectivity index (χ2n) is 11.0. The van der Waals surface area contributed by atoms with E-state index >= 15 is 0 Å². The Bertz CT molecular complexity index is 956. The third-order valence-electron chi connectivity index (χ3n) is 5.49. The number of carboxylic acids is 1. The minimum atomic E-state index is -1.05. The van der Waals surface area contributed by atoms with Crippen molar-refractivity contribution in [2.24, 2.45) is 0 Å². The number of carbonyl (C=O) groups excluding carboxylic acids is 2. The summed E-state index contributed by atoms with van der Waals surface area (Å²) in [6.45, 7) is 12.9. The van der Waals surface area contributed by atoms with Gasteiger partial charge in [-0.15, -0.1) is 0 Å². The Morgan fingerprint density at radius 1 is 0.730 bits per heavy atom. The molecule has 0 aliphatic carbocycles. The topological polar surface area (TPSA) is 108 Å². The summed E-state index contributed by atoms with van der Waals surface area (Å²) >= 11 is 0. The molecule has 2 atom stereocenters. The molecule has 2 rings (SSSR count). The van der Waals surface area contributed by atoms with Crippen molar-refractivity contribution in [3.63, 3.8) is 0 Å². The monoisotopic (exact) mass is 514 g/mol. The molecular weight excluding hydrogens is 476 g/mol. The van der Waals surface area contributed by atoms with Crippen LogP contribution in [0.3, 0.4) is 0 Å². The Balaban J connectivity index is 2.29. The largest absolute Gasteiger partial charge is 0.481 e. The van der Waals surface area contributed by atoms with E-state index in [-0.39, 0.29) is 6.42 Å². The van der Waals surface area contributed by atoms with E-state index in [1.807, 2.05) is 72.7 Å². The Morgan fingerprint density at radius 2 is 1.08 bits per heavy atom. The fourth-order valence-electron chi connectivity index (χ4n) is 3.74. The maximum atomic E-state index is 11.4. The van der Waals surface area contributed by atoms with Crippen LogP contribution in [0.4, 0.5) is 0 Å². The zero-order valence-electron chi connectivity index (χ0n) is 22.6. The Morgan fingerprint density at radius 3 is 1.35 bits per heavy atom. The molecule has 0 radical (unpaired) electrons. The van der Waals surface area contributed by atoms with E-state index in [9.17, 15) is 19.5 Å². The highest BCUT2D eigenvalue weighted by Crippen LogP contribution is 2.38. The summed E-state index contributed by atoms with van der Waals surface area (Å²) in [5, 5.41) is 9.36. The van der Waals surface area contributed by atoms with Crippen LogP contribution in [0.1, 0.15) is 72.4 Å². The first-order chi connectivity index (χ1) is 17.1.